The minimum atomic E-state index is -1.24. The lowest BCUT2D eigenvalue weighted by Crippen LogP contribution is -2.23. The van der Waals surface area contributed by atoms with Crippen molar-refractivity contribution in [2.45, 2.75) is 13.0 Å². The molecule has 0 fully saturated rings. The zero-order chi connectivity index (χ0) is 17.1. The van der Waals surface area contributed by atoms with E-state index in [2.05, 4.69) is 5.32 Å². The number of hydrogen-bond donors (Lipinski definition) is 4. The number of nitrogens with one attached hydrogen (secondary N) is 1. The highest BCUT2D eigenvalue weighted by molar-refractivity contribution is 5.81. The molecule has 0 aliphatic heterocycles. The molecule has 5 N–H and O–H groups in total. The van der Waals surface area contributed by atoms with E-state index in [0.29, 0.717) is 11.4 Å². The number of hydrogen-bond acceptors (Lipinski definition) is 4. The van der Waals surface area contributed by atoms with Crippen molar-refractivity contribution in [1.29, 1.82) is 0 Å². The smallest absolute Gasteiger partial charge is 0.164 e. The molecule has 0 heterocycles. The molecule has 1 atom stereocenters. The molecular weight excluding hydrogens is 309 g/mol. The van der Waals surface area contributed by atoms with Crippen LogP contribution in [0.1, 0.15) is 5.56 Å². The Bertz CT molecular complexity index is 723. The zero-order valence-corrected chi connectivity index (χ0v) is 12.4. The van der Waals surface area contributed by atoms with E-state index in [1.54, 1.807) is 6.07 Å². The number of anilines is 2. The van der Waals surface area contributed by atoms with Crippen molar-refractivity contribution in [1.82, 2.24) is 0 Å². The lowest BCUT2D eigenvalue weighted by molar-refractivity contribution is 0.105. The first kappa shape index (κ1) is 17.1. The van der Waals surface area contributed by atoms with Crippen LogP contribution in [-0.2, 0) is 0 Å². The van der Waals surface area contributed by atoms with Gasteiger partial charge in [0.25, 0.3) is 0 Å². The summed E-state index contributed by atoms with van der Waals surface area (Å²) in [6.07, 6.45) is -1.02. The number of rotatable bonds is 5. The Kier molecular flexibility index (Phi) is 5.12. The molecule has 4 nitrogen and oxygen atoms in total. The summed E-state index contributed by atoms with van der Waals surface area (Å²) in [7, 11) is 0. The topological polar surface area (TPSA) is 78.5 Å². The van der Waals surface area contributed by atoms with Crippen LogP contribution in [0.25, 0.3) is 11.1 Å². The summed E-state index contributed by atoms with van der Waals surface area (Å²) >= 11 is 0. The Hall–Kier alpha value is -2.25. The molecule has 0 aliphatic carbocycles. The van der Waals surface area contributed by atoms with Crippen LogP contribution in [0.15, 0.2) is 24.3 Å². The minimum Gasteiger partial charge on any atom is -0.399 e. The maximum atomic E-state index is 14.3. The highest BCUT2D eigenvalue weighted by atomic mass is 19.2. The van der Waals surface area contributed by atoms with E-state index in [4.69, 9.17) is 10.8 Å². The maximum absolute atomic E-state index is 14.3. The monoisotopic (exact) mass is 326 g/mol. The molecule has 2 aromatic carbocycles. The summed E-state index contributed by atoms with van der Waals surface area (Å²) in [4.78, 5) is 0. The van der Waals surface area contributed by atoms with Crippen LogP contribution >= 0.6 is 0 Å². The average Bonchev–Trinajstić information content (AvgIpc) is 2.54. The Labute approximate surface area is 131 Å². The fraction of sp³-hybridized carbons (Fsp3) is 0.250. The van der Waals surface area contributed by atoms with Crippen LogP contribution in [0.2, 0.25) is 0 Å². The molecule has 0 aromatic heterocycles. The quantitative estimate of drug-likeness (QED) is 0.503. The van der Waals surface area contributed by atoms with E-state index >= 15 is 0 Å². The molecule has 0 saturated heterocycles. The third-order valence-corrected chi connectivity index (χ3v) is 3.45. The van der Waals surface area contributed by atoms with Crippen molar-refractivity contribution < 1.29 is 23.4 Å². The van der Waals surface area contributed by atoms with Crippen LogP contribution in [0.5, 0.6) is 0 Å². The van der Waals surface area contributed by atoms with Crippen LogP contribution in [0.4, 0.5) is 24.5 Å². The second kappa shape index (κ2) is 6.89. The van der Waals surface area contributed by atoms with Crippen molar-refractivity contribution in [3.05, 3.63) is 47.3 Å². The summed E-state index contributed by atoms with van der Waals surface area (Å²) in [5.41, 5.74) is 6.04. The lowest BCUT2D eigenvalue weighted by Gasteiger charge is -2.16. The van der Waals surface area contributed by atoms with Gasteiger partial charge in [-0.15, -0.1) is 0 Å². The van der Waals surface area contributed by atoms with Crippen LogP contribution in [-0.4, -0.2) is 29.5 Å². The number of nitrogens with two attached hydrogens (primary N) is 1. The van der Waals surface area contributed by atoms with Gasteiger partial charge in [0.2, 0.25) is 0 Å². The van der Waals surface area contributed by atoms with Gasteiger partial charge in [-0.25, -0.2) is 13.2 Å². The van der Waals surface area contributed by atoms with Crippen molar-refractivity contribution in [3.63, 3.8) is 0 Å². The molecule has 0 bridgehead atoms. The molecular formula is C16H17F3N2O2. The summed E-state index contributed by atoms with van der Waals surface area (Å²) < 4.78 is 41.4. The highest BCUT2D eigenvalue weighted by Gasteiger charge is 2.19. The van der Waals surface area contributed by atoms with Gasteiger partial charge < -0.3 is 21.3 Å². The second-order valence-corrected chi connectivity index (χ2v) is 5.18. The molecule has 2 rings (SSSR count). The predicted molar refractivity (Wildman–Crippen MR) is 82.5 cm³/mol. The van der Waals surface area contributed by atoms with Gasteiger partial charge in [0.15, 0.2) is 11.6 Å². The third-order valence-electron chi connectivity index (χ3n) is 3.45. The predicted octanol–water partition coefficient (Wildman–Crippen LogP) is 2.43. The molecule has 0 radical (unpaired) electrons. The molecule has 7 heteroatoms. The Morgan fingerprint density at radius 1 is 1.13 bits per heavy atom. The van der Waals surface area contributed by atoms with Crippen LogP contribution < -0.4 is 11.1 Å². The van der Waals surface area contributed by atoms with Crippen molar-refractivity contribution in [3.8, 4) is 11.1 Å². The number of aliphatic hydroxyl groups is 2. The molecule has 1 unspecified atom stereocenters. The summed E-state index contributed by atoms with van der Waals surface area (Å²) in [6, 6.07) is 5.26. The minimum absolute atomic E-state index is 0.00229. The van der Waals surface area contributed by atoms with Gasteiger partial charge >= 0.3 is 0 Å². The summed E-state index contributed by atoms with van der Waals surface area (Å²) in [5, 5.41) is 21.0. The Balaban J connectivity index is 2.52. The van der Waals surface area contributed by atoms with Crippen molar-refractivity contribution in [2.24, 2.45) is 0 Å². The van der Waals surface area contributed by atoms with E-state index in [1.807, 2.05) is 0 Å². The van der Waals surface area contributed by atoms with Gasteiger partial charge in [0, 0.05) is 34.6 Å². The number of benzene rings is 2. The van der Waals surface area contributed by atoms with Gasteiger partial charge in [0.05, 0.1) is 12.7 Å². The number of halogens is 3. The fourth-order valence-electron chi connectivity index (χ4n) is 2.16. The molecule has 0 aliphatic rings. The molecule has 0 saturated carbocycles. The molecule has 23 heavy (non-hydrogen) atoms. The maximum Gasteiger partial charge on any atom is 0.164 e. The first-order chi connectivity index (χ1) is 10.8. The van der Waals surface area contributed by atoms with Crippen molar-refractivity contribution >= 4 is 11.4 Å². The second-order valence-electron chi connectivity index (χ2n) is 5.18. The van der Waals surface area contributed by atoms with Crippen LogP contribution in [0, 0.1) is 24.4 Å². The SMILES string of the molecule is Cc1c(F)c(F)cc(-c2cc(N)ccc2NCC(O)CO)c1F. The summed E-state index contributed by atoms with van der Waals surface area (Å²) in [5.74, 6) is -3.29. The number of aliphatic hydroxyl groups excluding tert-OH is 2. The Morgan fingerprint density at radius 2 is 1.83 bits per heavy atom. The largest absolute Gasteiger partial charge is 0.399 e. The standard InChI is InChI=1S/C16H17F3N2O2/c1-8-15(18)12(5-13(17)16(8)19)11-4-9(20)2-3-14(11)21-6-10(23)7-22/h2-5,10,21-23H,6-7,20H2,1H3. The van der Waals surface area contributed by atoms with Gasteiger partial charge in [-0.1, -0.05) is 0 Å². The van der Waals surface area contributed by atoms with Gasteiger partial charge in [-0.3, -0.25) is 0 Å². The molecule has 2 aromatic rings. The third kappa shape index (κ3) is 3.57. The van der Waals surface area contributed by atoms with E-state index in [9.17, 15) is 18.3 Å². The average molecular weight is 326 g/mol. The highest BCUT2D eigenvalue weighted by Crippen LogP contribution is 2.34. The zero-order valence-electron chi connectivity index (χ0n) is 12.4. The fourth-order valence-corrected chi connectivity index (χ4v) is 2.16. The van der Waals surface area contributed by atoms with E-state index < -0.39 is 35.7 Å². The van der Waals surface area contributed by atoms with Crippen LogP contribution in [0.3, 0.4) is 0 Å². The van der Waals surface area contributed by atoms with Gasteiger partial charge in [0.1, 0.15) is 5.82 Å². The van der Waals surface area contributed by atoms with E-state index in [1.165, 1.54) is 12.1 Å². The normalized spacial score (nSPS) is 12.3. The first-order valence-electron chi connectivity index (χ1n) is 6.92. The molecule has 0 spiro atoms. The lowest BCUT2D eigenvalue weighted by atomic mass is 9.99. The Morgan fingerprint density at radius 3 is 2.48 bits per heavy atom. The van der Waals surface area contributed by atoms with Gasteiger partial charge in [-0.2, -0.15) is 0 Å². The first-order valence-corrected chi connectivity index (χ1v) is 6.92. The number of nitrogen functional groups attached to an aromatic ring is 1. The van der Waals surface area contributed by atoms with E-state index in [0.717, 1.165) is 13.0 Å². The van der Waals surface area contributed by atoms with E-state index in [-0.39, 0.29) is 17.7 Å². The molecule has 124 valence electrons. The van der Waals surface area contributed by atoms with Gasteiger partial charge in [-0.05, 0) is 31.2 Å². The van der Waals surface area contributed by atoms with Crippen molar-refractivity contribution in [2.75, 3.05) is 24.2 Å². The summed E-state index contributed by atoms with van der Waals surface area (Å²) in [6.45, 7) is 0.694. The molecule has 0 amide bonds.